The van der Waals surface area contributed by atoms with Crippen molar-refractivity contribution in [2.24, 2.45) is 0 Å². The predicted molar refractivity (Wildman–Crippen MR) is 59.4 cm³/mol. The van der Waals surface area contributed by atoms with E-state index in [0.717, 1.165) is 17.1 Å². The van der Waals surface area contributed by atoms with Crippen molar-refractivity contribution in [2.75, 3.05) is 11.1 Å². The van der Waals surface area contributed by atoms with Gasteiger partial charge >= 0.3 is 0 Å². The Balaban J connectivity index is 2.07. The van der Waals surface area contributed by atoms with Crippen molar-refractivity contribution >= 4 is 11.4 Å². The molecule has 0 spiro atoms. The molecule has 3 N–H and O–H groups in total. The van der Waals surface area contributed by atoms with Crippen molar-refractivity contribution in [3.63, 3.8) is 0 Å². The molecule has 0 amide bonds. The van der Waals surface area contributed by atoms with E-state index < -0.39 is 0 Å². The van der Waals surface area contributed by atoms with Gasteiger partial charge in [0, 0.05) is 6.07 Å². The van der Waals surface area contributed by atoms with Gasteiger partial charge in [-0.05, 0) is 24.6 Å². The lowest BCUT2D eigenvalue weighted by Gasteiger charge is -2.08. The van der Waals surface area contributed by atoms with Crippen molar-refractivity contribution in [3.05, 3.63) is 41.8 Å². The van der Waals surface area contributed by atoms with Gasteiger partial charge in [-0.15, -0.1) is 0 Å². The number of hydrogen-bond acceptors (Lipinski definition) is 4. The molecule has 0 aliphatic heterocycles. The first-order valence-electron chi connectivity index (χ1n) is 4.75. The molecule has 0 saturated carbocycles. The topological polar surface area (TPSA) is 64.1 Å². The number of benzene rings is 1. The van der Waals surface area contributed by atoms with Crippen LogP contribution >= 0.6 is 0 Å². The lowest BCUT2D eigenvalue weighted by Crippen LogP contribution is -2.02. The fourth-order valence-corrected chi connectivity index (χ4v) is 1.34. The van der Waals surface area contributed by atoms with E-state index in [1.54, 1.807) is 6.26 Å². The molecule has 1 aromatic carbocycles. The fourth-order valence-electron chi connectivity index (χ4n) is 1.34. The third kappa shape index (κ3) is 2.28. The minimum absolute atomic E-state index is 0.615. The van der Waals surface area contributed by atoms with Crippen LogP contribution in [-0.2, 0) is 6.54 Å². The van der Waals surface area contributed by atoms with Crippen LogP contribution < -0.4 is 11.1 Å². The van der Waals surface area contributed by atoms with Gasteiger partial charge in [0.05, 0.1) is 17.9 Å². The van der Waals surface area contributed by atoms with E-state index in [1.165, 1.54) is 5.56 Å². The van der Waals surface area contributed by atoms with Crippen LogP contribution in [0, 0.1) is 6.92 Å². The summed E-state index contributed by atoms with van der Waals surface area (Å²) in [5.74, 6) is 0. The van der Waals surface area contributed by atoms with Crippen LogP contribution in [0.3, 0.4) is 0 Å². The second-order valence-electron chi connectivity index (χ2n) is 3.44. The van der Waals surface area contributed by atoms with Crippen LogP contribution in [0.4, 0.5) is 11.4 Å². The number of nitrogens with one attached hydrogen (secondary N) is 1. The zero-order valence-electron chi connectivity index (χ0n) is 8.53. The molecule has 4 nitrogen and oxygen atoms in total. The molecule has 2 rings (SSSR count). The first-order chi connectivity index (χ1) is 7.25. The molecule has 0 radical (unpaired) electrons. The van der Waals surface area contributed by atoms with Gasteiger partial charge < -0.3 is 15.6 Å². The van der Waals surface area contributed by atoms with E-state index >= 15 is 0 Å². The third-order valence-corrected chi connectivity index (χ3v) is 2.16. The normalized spacial score (nSPS) is 10.2. The highest BCUT2D eigenvalue weighted by atomic mass is 16.5. The van der Waals surface area contributed by atoms with Crippen molar-refractivity contribution in [1.29, 1.82) is 0 Å². The molecule has 0 atom stereocenters. The average molecular weight is 203 g/mol. The Kier molecular flexibility index (Phi) is 2.58. The number of nitrogens with two attached hydrogens (primary N) is 1. The number of nitrogen functional groups attached to an aromatic ring is 1. The molecule has 0 bridgehead atoms. The minimum Gasteiger partial charge on any atom is -0.397 e. The Morgan fingerprint density at radius 2 is 2.27 bits per heavy atom. The Morgan fingerprint density at radius 3 is 3.00 bits per heavy atom. The molecule has 1 aromatic heterocycles. The second-order valence-corrected chi connectivity index (χ2v) is 3.44. The van der Waals surface area contributed by atoms with Crippen LogP contribution in [0.15, 0.2) is 35.1 Å². The average Bonchev–Trinajstić information content (AvgIpc) is 2.72. The smallest absolute Gasteiger partial charge is 0.124 e. The third-order valence-electron chi connectivity index (χ3n) is 2.16. The predicted octanol–water partition coefficient (Wildman–Crippen LogP) is 2.18. The van der Waals surface area contributed by atoms with Crippen molar-refractivity contribution < 1.29 is 4.52 Å². The zero-order chi connectivity index (χ0) is 10.7. The molecule has 1 heterocycles. The highest BCUT2D eigenvalue weighted by Crippen LogP contribution is 2.19. The molecule has 15 heavy (non-hydrogen) atoms. The van der Waals surface area contributed by atoms with E-state index in [0.29, 0.717) is 6.54 Å². The number of anilines is 2. The molecular weight excluding hydrogens is 190 g/mol. The summed E-state index contributed by atoms with van der Waals surface area (Å²) in [5, 5.41) is 7.01. The molecule has 0 aliphatic carbocycles. The van der Waals surface area contributed by atoms with Crippen LogP contribution in [0.1, 0.15) is 11.3 Å². The maximum Gasteiger partial charge on any atom is 0.124 e. The number of nitrogens with zero attached hydrogens (tertiary/aromatic N) is 1. The van der Waals surface area contributed by atoms with Gasteiger partial charge in [-0.25, -0.2) is 0 Å². The van der Waals surface area contributed by atoms with Crippen molar-refractivity contribution in [1.82, 2.24) is 5.16 Å². The lowest BCUT2D eigenvalue weighted by molar-refractivity contribution is 0.412. The highest BCUT2D eigenvalue weighted by molar-refractivity contribution is 5.66. The summed E-state index contributed by atoms with van der Waals surface area (Å²) in [7, 11) is 0. The number of hydrogen-bond donors (Lipinski definition) is 2. The number of aromatic nitrogens is 1. The Morgan fingerprint density at radius 1 is 1.40 bits per heavy atom. The van der Waals surface area contributed by atoms with E-state index in [9.17, 15) is 0 Å². The van der Waals surface area contributed by atoms with Crippen LogP contribution in [-0.4, -0.2) is 5.16 Å². The van der Waals surface area contributed by atoms with Gasteiger partial charge in [0.15, 0.2) is 0 Å². The summed E-state index contributed by atoms with van der Waals surface area (Å²) in [6.45, 7) is 2.64. The summed E-state index contributed by atoms with van der Waals surface area (Å²) in [6, 6.07) is 7.70. The summed E-state index contributed by atoms with van der Waals surface area (Å²) in [6.07, 6.45) is 1.55. The van der Waals surface area contributed by atoms with Gasteiger partial charge in [0.25, 0.3) is 0 Å². The van der Waals surface area contributed by atoms with Gasteiger partial charge in [0.1, 0.15) is 12.0 Å². The first-order valence-corrected chi connectivity index (χ1v) is 4.75. The maximum atomic E-state index is 5.82. The Bertz CT molecular complexity index is 437. The molecule has 2 aromatic rings. The van der Waals surface area contributed by atoms with E-state index in [4.69, 9.17) is 10.3 Å². The Hall–Kier alpha value is -1.97. The largest absolute Gasteiger partial charge is 0.397 e. The van der Waals surface area contributed by atoms with Crippen LogP contribution in [0.2, 0.25) is 0 Å². The van der Waals surface area contributed by atoms with Crippen LogP contribution in [0.5, 0.6) is 0 Å². The number of aryl methyl sites for hydroxylation is 1. The standard InChI is InChI=1S/C11H13N3O/c1-8-2-3-10(12)11(6-8)13-7-9-4-5-15-14-9/h2-6,13H,7,12H2,1H3. The van der Waals surface area contributed by atoms with Crippen molar-refractivity contribution in [3.8, 4) is 0 Å². The van der Waals surface area contributed by atoms with Crippen molar-refractivity contribution in [2.45, 2.75) is 13.5 Å². The molecule has 0 saturated heterocycles. The van der Waals surface area contributed by atoms with Gasteiger partial charge in [0.2, 0.25) is 0 Å². The summed E-state index contributed by atoms with van der Waals surface area (Å²) in [5.41, 5.74) is 9.52. The molecule has 4 heteroatoms. The van der Waals surface area contributed by atoms with Gasteiger partial charge in [-0.1, -0.05) is 11.2 Å². The highest BCUT2D eigenvalue weighted by Gasteiger charge is 2.00. The van der Waals surface area contributed by atoms with E-state index in [2.05, 4.69) is 10.5 Å². The zero-order valence-corrected chi connectivity index (χ0v) is 8.53. The van der Waals surface area contributed by atoms with E-state index in [-0.39, 0.29) is 0 Å². The molecule has 0 fully saturated rings. The second kappa shape index (κ2) is 4.04. The number of rotatable bonds is 3. The summed E-state index contributed by atoms with van der Waals surface area (Å²) in [4.78, 5) is 0. The summed E-state index contributed by atoms with van der Waals surface area (Å²) >= 11 is 0. The monoisotopic (exact) mass is 203 g/mol. The lowest BCUT2D eigenvalue weighted by atomic mass is 10.2. The molecule has 0 unspecified atom stereocenters. The Labute approximate surface area is 88.1 Å². The fraction of sp³-hybridized carbons (Fsp3) is 0.182. The first kappa shape index (κ1) is 9.58. The molecular formula is C11H13N3O. The SMILES string of the molecule is Cc1ccc(N)c(NCc2ccon2)c1. The molecule has 78 valence electrons. The van der Waals surface area contributed by atoms with Gasteiger partial charge in [-0.3, -0.25) is 0 Å². The molecule has 0 aliphatic rings. The van der Waals surface area contributed by atoms with E-state index in [1.807, 2.05) is 31.2 Å². The maximum absolute atomic E-state index is 5.82. The summed E-state index contributed by atoms with van der Waals surface area (Å²) < 4.78 is 4.74. The van der Waals surface area contributed by atoms with Gasteiger partial charge in [-0.2, -0.15) is 0 Å². The quantitative estimate of drug-likeness (QED) is 0.750. The van der Waals surface area contributed by atoms with Crippen LogP contribution in [0.25, 0.3) is 0 Å². The minimum atomic E-state index is 0.615.